The Morgan fingerprint density at radius 3 is 2.81 bits per heavy atom. The molecule has 0 unspecified atom stereocenters. The van der Waals surface area contributed by atoms with Crippen molar-refractivity contribution >= 4 is 5.69 Å². The van der Waals surface area contributed by atoms with Crippen LogP contribution in [0.4, 0.5) is 5.69 Å². The summed E-state index contributed by atoms with van der Waals surface area (Å²) in [5.74, 6) is 1.47. The monoisotopic (exact) mass is 214 g/mol. The van der Waals surface area contributed by atoms with Crippen molar-refractivity contribution in [3.05, 3.63) is 48.3 Å². The van der Waals surface area contributed by atoms with Crippen LogP contribution in [0.2, 0.25) is 0 Å². The summed E-state index contributed by atoms with van der Waals surface area (Å²) in [5, 5.41) is 0. The predicted octanol–water partition coefficient (Wildman–Crippen LogP) is 3.02. The lowest BCUT2D eigenvalue weighted by atomic mass is 10.2. The van der Waals surface area contributed by atoms with E-state index in [4.69, 9.17) is 10.5 Å². The van der Waals surface area contributed by atoms with Crippen molar-refractivity contribution in [1.29, 1.82) is 0 Å². The van der Waals surface area contributed by atoms with E-state index < -0.39 is 0 Å². The molecule has 0 radical (unpaired) electrons. The van der Waals surface area contributed by atoms with Gasteiger partial charge in [-0.1, -0.05) is 19.1 Å². The van der Waals surface area contributed by atoms with Crippen molar-refractivity contribution in [1.82, 2.24) is 4.98 Å². The number of anilines is 1. The molecule has 1 heterocycles. The molecule has 2 rings (SSSR count). The third kappa shape index (κ3) is 2.51. The van der Waals surface area contributed by atoms with E-state index in [-0.39, 0.29) is 0 Å². The first kappa shape index (κ1) is 10.5. The number of nitrogen functional groups attached to an aromatic ring is 1. The molecule has 3 heteroatoms. The Bertz CT molecular complexity index is 483. The van der Waals surface area contributed by atoms with Gasteiger partial charge < -0.3 is 10.5 Å². The van der Waals surface area contributed by atoms with Crippen LogP contribution in [0.25, 0.3) is 0 Å². The summed E-state index contributed by atoms with van der Waals surface area (Å²) in [6, 6.07) is 9.75. The number of rotatable bonds is 3. The lowest BCUT2D eigenvalue weighted by Gasteiger charge is -2.06. The van der Waals surface area contributed by atoms with Crippen molar-refractivity contribution in [2.45, 2.75) is 13.3 Å². The van der Waals surface area contributed by atoms with Gasteiger partial charge in [-0.2, -0.15) is 0 Å². The summed E-state index contributed by atoms with van der Waals surface area (Å²) in [7, 11) is 0. The van der Waals surface area contributed by atoms with Crippen LogP contribution >= 0.6 is 0 Å². The number of benzene rings is 1. The van der Waals surface area contributed by atoms with Crippen LogP contribution < -0.4 is 10.5 Å². The van der Waals surface area contributed by atoms with Gasteiger partial charge in [-0.25, -0.2) is 0 Å². The number of ether oxygens (including phenoxy) is 1. The maximum Gasteiger partial charge on any atom is 0.147 e. The van der Waals surface area contributed by atoms with E-state index in [1.165, 1.54) is 5.56 Å². The first-order chi connectivity index (χ1) is 7.78. The number of hydrogen-bond acceptors (Lipinski definition) is 3. The smallest absolute Gasteiger partial charge is 0.147 e. The maximum absolute atomic E-state index is 5.66. The molecule has 0 fully saturated rings. The van der Waals surface area contributed by atoms with Crippen molar-refractivity contribution in [3.8, 4) is 11.5 Å². The molecule has 0 spiro atoms. The minimum Gasteiger partial charge on any atom is -0.456 e. The molecular formula is C13H14N2O. The second-order valence-electron chi connectivity index (χ2n) is 3.56. The first-order valence-electron chi connectivity index (χ1n) is 5.25. The van der Waals surface area contributed by atoms with E-state index in [9.17, 15) is 0 Å². The molecule has 16 heavy (non-hydrogen) atoms. The average Bonchev–Trinajstić information content (AvgIpc) is 2.29. The van der Waals surface area contributed by atoms with Gasteiger partial charge in [0, 0.05) is 6.07 Å². The molecule has 1 aromatic heterocycles. The number of nitrogens with two attached hydrogens (primary N) is 1. The summed E-state index contributed by atoms with van der Waals surface area (Å²) >= 11 is 0. The van der Waals surface area contributed by atoms with Crippen LogP contribution in [0.3, 0.4) is 0 Å². The molecule has 0 aliphatic heterocycles. The quantitative estimate of drug-likeness (QED) is 0.854. The molecular weight excluding hydrogens is 200 g/mol. The molecule has 1 aromatic carbocycles. The Labute approximate surface area is 94.9 Å². The summed E-state index contributed by atoms with van der Waals surface area (Å²) in [6.45, 7) is 2.11. The Balaban J connectivity index is 2.20. The number of aryl methyl sites for hydroxylation is 1. The molecule has 0 saturated heterocycles. The summed E-state index contributed by atoms with van der Waals surface area (Å²) in [5.41, 5.74) is 7.47. The zero-order chi connectivity index (χ0) is 11.4. The highest BCUT2D eigenvalue weighted by Gasteiger charge is 1.99. The number of aromatic nitrogens is 1. The second kappa shape index (κ2) is 4.66. The Hall–Kier alpha value is -2.03. The third-order valence-corrected chi connectivity index (χ3v) is 2.28. The first-order valence-corrected chi connectivity index (χ1v) is 5.25. The van der Waals surface area contributed by atoms with Gasteiger partial charge >= 0.3 is 0 Å². The zero-order valence-corrected chi connectivity index (χ0v) is 9.18. The van der Waals surface area contributed by atoms with E-state index in [1.54, 1.807) is 18.5 Å². The highest BCUT2D eigenvalue weighted by Crippen LogP contribution is 2.22. The average molecular weight is 214 g/mol. The maximum atomic E-state index is 5.66. The zero-order valence-electron chi connectivity index (χ0n) is 9.18. The van der Waals surface area contributed by atoms with E-state index in [2.05, 4.69) is 18.0 Å². The molecule has 82 valence electrons. The number of hydrogen-bond donors (Lipinski definition) is 1. The number of pyridine rings is 1. The highest BCUT2D eigenvalue weighted by atomic mass is 16.5. The van der Waals surface area contributed by atoms with E-state index in [1.807, 2.05) is 18.2 Å². The lowest BCUT2D eigenvalue weighted by Crippen LogP contribution is -1.90. The van der Waals surface area contributed by atoms with Crippen molar-refractivity contribution in [2.75, 3.05) is 5.73 Å². The lowest BCUT2D eigenvalue weighted by molar-refractivity contribution is 0.480. The van der Waals surface area contributed by atoms with E-state index in [0.717, 1.165) is 12.2 Å². The topological polar surface area (TPSA) is 48.1 Å². The summed E-state index contributed by atoms with van der Waals surface area (Å²) < 4.78 is 5.66. The minimum absolute atomic E-state index is 0.601. The SMILES string of the molecule is CCc1cccc(Oc2cncc(N)c2)c1. The molecule has 2 aromatic rings. The van der Waals surface area contributed by atoms with Crippen LogP contribution in [-0.4, -0.2) is 4.98 Å². The van der Waals surface area contributed by atoms with E-state index in [0.29, 0.717) is 11.4 Å². The third-order valence-electron chi connectivity index (χ3n) is 2.28. The number of nitrogens with zero attached hydrogens (tertiary/aromatic N) is 1. The molecule has 0 atom stereocenters. The van der Waals surface area contributed by atoms with Crippen molar-refractivity contribution in [3.63, 3.8) is 0 Å². The van der Waals surface area contributed by atoms with Crippen molar-refractivity contribution in [2.24, 2.45) is 0 Å². The van der Waals surface area contributed by atoms with Gasteiger partial charge in [-0.3, -0.25) is 4.98 Å². The van der Waals surface area contributed by atoms with E-state index >= 15 is 0 Å². The Morgan fingerprint density at radius 2 is 2.06 bits per heavy atom. The van der Waals surface area contributed by atoms with Gasteiger partial charge in [-0.15, -0.1) is 0 Å². The fourth-order valence-corrected chi connectivity index (χ4v) is 1.46. The van der Waals surface area contributed by atoms with Crippen LogP contribution in [-0.2, 0) is 6.42 Å². The Morgan fingerprint density at radius 1 is 1.19 bits per heavy atom. The van der Waals surface area contributed by atoms with Crippen LogP contribution in [0, 0.1) is 0 Å². The fourth-order valence-electron chi connectivity index (χ4n) is 1.46. The largest absolute Gasteiger partial charge is 0.456 e. The van der Waals surface area contributed by atoms with Gasteiger partial charge in [0.2, 0.25) is 0 Å². The molecule has 0 aliphatic rings. The van der Waals surface area contributed by atoms with Crippen LogP contribution in [0.15, 0.2) is 42.7 Å². The summed E-state index contributed by atoms with van der Waals surface area (Å²) in [6.07, 6.45) is 4.23. The molecule has 3 nitrogen and oxygen atoms in total. The second-order valence-corrected chi connectivity index (χ2v) is 3.56. The van der Waals surface area contributed by atoms with Gasteiger partial charge in [0.1, 0.15) is 11.5 Å². The van der Waals surface area contributed by atoms with Gasteiger partial charge in [-0.05, 0) is 24.1 Å². The van der Waals surface area contributed by atoms with Crippen LogP contribution in [0.5, 0.6) is 11.5 Å². The standard InChI is InChI=1S/C13H14N2O/c1-2-10-4-3-5-12(6-10)16-13-7-11(14)8-15-9-13/h3-9H,2,14H2,1H3. The normalized spacial score (nSPS) is 10.1. The highest BCUT2D eigenvalue weighted by molar-refractivity contribution is 5.42. The molecule has 2 N–H and O–H groups in total. The molecule has 0 aliphatic carbocycles. The molecule has 0 bridgehead atoms. The van der Waals surface area contributed by atoms with Crippen LogP contribution in [0.1, 0.15) is 12.5 Å². The predicted molar refractivity (Wildman–Crippen MR) is 64.5 cm³/mol. The molecule has 0 amide bonds. The Kier molecular flexibility index (Phi) is 3.05. The van der Waals surface area contributed by atoms with Gasteiger partial charge in [0.25, 0.3) is 0 Å². The minimum atomic E-state index is 0.601. The fraction of sp³-hybridized carbons (Fsp3) is 0.154. The van der Waals surface area contributed by atoms with Crippen molar-refractivity contribution < 1.29 is 4.74 Å². The van der Waals surface area contributed by atoms with Gasteiger partial charge in [0.15, 0.2) is 0 Å². The molecule has 0 saturated carbocycles. The summed E-state index contributed by atoms with van der Waals surface area (Å²) in [4.78, 5) is 3.97. The van der Waals surface area contributed by atoms with Gasteiger partial charge in [0.05, 0.1) is 18.1 Å².